The highest BCUT2D eigenvalue weighted by Gasteiger charge is 2.26. The molecular weight excluding hydrogens is 220 g/mol. The van der Waals surface area contributed by atoms with Gasteiger partial charge in [-0.3, -0.25) is 0 Å². The van der Waals surface area contributed by atoms with E-state index in [9.17, 15) is 0 Å². The van der Waals surface area contributed by atoms with E-state index in [-0.39, 0.29) is 6.04 Å². The fraction of sp³-hybridized carbons (Fsp3) is 0.625. The van der Waals surface area contributed by atoms with Crippen LogP contribution in [0.5, 0.6) is 0 Å². The maximum Gasteiger partial charge on any atom is 0.0424 e. The van der Waals surface area contributed by atoms with Gasteiger partial charge in [-0.05, 0) is 43.8 Å². The minimum atomic E-state index is 0.145. The van der Waals surface area contributed by atoms with E-state index >= 15 is 0 Å². The fourth-order valence-corrected chi connectivity index (χ4v) is 2.63. The summed E-state index contributed by atoms with van der Waals surface area (Å²) in [6, 6.07) is 8.72. The molecule has 1 aliphatic rings. The Morgan fingerprint density at radius 3 is 2.56 bits per heavy atom. The molecule has 18 heavy (non-hydrogen) atoms. The largest absolute Gasteiger partial charge is 0.323 e. The van der Waals surface area contributed by atoms with Crippen molar-refractivity contribution in [1.29, 1.82) is 0 Å². The minimum Gasteiger partial charge on any atom is -0.323 e. The molecule has 2 rings (SSSR count). The highest BCUT2D eigenvalue weighted by atomic mass is 15.1. The zero-order valence-corrected chi connectivity index (χ0v) is 11.9. The molecule has 2 nitrogen and oxygen atoms in total. The van der Waals surface area contributed by atoms with Gasteiger partial charge in [-0.15, -0.1) is 0 Å². The number of piperidine rings is 1. The molecule has 1 heterocycles. The summed E-state index contributed by atoms with van der Waals surface area (Å²) in [6.07, 6.45) is 2.57. The van der Waals surface area contributed by atoms with Crippen LogP contribution in [-0.2, 0) is 0 Å². The molecule has 1 saturated heterocycles. The Morgan fingerprint density at radius 2 is 1.94 bits per heavy atom. The van der Waals surface area contributed by atoms with Crippen molar-refractivity contribution in [2.24, 2.45) is 11.1 Å². The second-order valence-corrected chi connectivity index (χ2v) is 6.49. The fourth-order valence-electron chi connectivity index (χ4n) is 2.63. The first kappa shape index (κ1) is 13.6. The predicted octanol–water partition coefficient (Wildman–Crippen LogP) is 3.12. The van der Waals surface area contributed by atoms with Gasteiger partial charge >= 0.3 is 0 Å². The van der Waals surface area contributed by atoms with Crippen molar-refractivity contribution in [3.05, 3.63) is 35.4 Å². The maximum atomic E-state index is 6.32. The van der Waals surface area contributed by atoms with Crippen LogP contribution in [0.3, 0.4) is 0 Å². The molecule has 0 saturated carbocycles. The van der Waals surface area contributed by atoms with Gasteiger partial charge < -0.3 is 10.6 Å². The summed E-state index contributed by atoms with van der Waals surface area (Å²) in [5, 5.41) is 0. The Hall–Kier alpha value is -0.860. The molecular formula is C16H26N2. The van der Waals surface area contributed by atoms with Crippen molar-refractivity contribution in [3.63, 3.8) is 0 Å². The molecule has 1 unspecified atom stereocenters. The van der Waals surface area contributed by atoms with Gasteiger partial charge in [0.1, 0.15) is 0 Å². The average Bonchev–Trinajstić information content (AvgIpc) is 2.32. The van der Waals surface area contributed by atoms with E-state index in [2.05, 4.69) is 49.9 Å². The topological polar surface area (TPSA) is 29.3 Å². The van der Waals surface area contributed by atoms with Crippen molar-refractivity contribution < 1.29 is 0 Å². The summed E-state index contributed by atoms with van der Waals surface area (Å²) < 4.78 is 0. The molecule has 1 aromatic rings. The van der Waals surface area contributed by atoms with Crippen LogP contribution in [0.2, 0.25) is 0 Å². The van der Waals surface area contributed by atoms with Crippen molar-refractivity contribution in [1.82, 2.24) is 4.90 Å². The molecule has 0 bridgehead atoms. The van der Waals surface area contributed by atoms with E-state index in [1.54, 1.807) is 0 Å². The Morgan fingerprint density at radius 1 is 1.28 bits per heavy atom. The Labute approximate surface area is 111 Å². The molecule has 2 N–H and O–H groups in total. The average molecular weight is 246 g/mol. The number of rotatable bonds is 3. The highest BCUT2D eigenvalue weighted by Crippen LogP contribution is 2.30. The van der Waals surface area contributed by atoms with Crippen molar-refractivity contribution in [3.8, 4) is 0 Å². The van der Waals surface area contributed by atoms with Gasteiger partial charge in [0.05, 0.1) is 0 Å². The third-order valence-corrected chi connectivity index (χ3v) is 4.13. The monoisotopic (exact) mass is 246 g/mol. The van der Waals surface area contributed by atoms with E-state index in [1.165, 1.54) is 37.1 Å². The van der Waals surface area contributed by atoms with Crippen LogP contribution in [-0.4, -0.2) is 24.5 Å². The van der Waals surface area contributed by atoms with E-state index in [4.69, 9.17) is 5.73 Å². The molecule has 2 heteroatoms. The smallest absolute Gasteiger partial charge is 0.0424 e. The molecule has 0 aliphatic carbocycles. The van der Waals surface area contributed by atoms with E-state index < -0.39 is 0 Å². The molecule has 100 valence electrons. The van der Waals surface area contributed by atoms with E-state index in [0.29, 0.717) is 5.41 Å². The summed E-state index contributed by atoms with van der Waals surface area (Å²) in [4.78, 5) is 2.51. The third kappa shape index (κ3) is 3.56. The van der Waals surface area contributed by atoms with Gasteiger partial charge in [-0.1, -0.05) is 43.7 Å². The van der Waals surface area contributed by atoms with Gasteiger partial charge in [0.2, 0.25) is 0 Å². The molecule has 0 radical (unpaired) electrons. The number of aryl methyl sites for hydroxylation is 1. The summed E-state index contributed by atoms with van der Waals surface area (Å²) in [7, 11) is 0. The van der Waals surface area contributed by atoms with Crippen LogP contribution >= 0.6 is 0 Å². The number of nitrogens with zero attached hydrogens (tertiary/aromatic N) is 1. The van der Waals surface area contributed by atoms with Crippen molar-refractivity contribution >= 4 is 0 Å². The lowest BCUT2D eigenvalue weighted by molar-refractivity contribution is 0.127. The summed E-state index contributed by atoms with van der Waals surface area (Å²) in [5.41, 5.74) is 9.40. The Kier molecular flexibility index (Phi) is 4.08. The first-order valence-corrected chi connectivity index (χ1v) is 7.01. The number of likely N-dealkylation sites (tertiary alicyclic amines) is 1. The van der Waals surface area contributed by atoms with E-state index in [0.717, 1.165) is 6.54 Å². The lowest BCUT2D eigenvalue weighted by Gasteiger charge is -2.38. The van der Waals surface area contributed by atoms with Crippen LogP contribution in [0.25, 0.3) is 0 Å². The van der Waals surface area contributed by atoms with Crippen LogP contribution in [0.15, 0.2) is 24.3 Å². The number of benzene rings is 1. The Balaban J connectivity index is 1.90. The van der Waals surface area contributed by atoms with Crippen molar-refractivity contribution in [2.45, 2.75) is 39.7 Å². The van der Waals surface area contributed by atoms with Gasteiger partial charge in [0.15, 0.2) is 0 Å². The second kappa shape index (κ2) is 5.41. The highest BCUT2D eigenvalue weighted by molar-refractivity contribution is 5.25. The maximum absolute atomic E-state index is 6.32. The summed E-state index contributed by atoms with van der Waals surface area (Å²) in [6.45, 7) is 10.2. The molecule has 0 spiro atoms. The third-order valence-electron chi connectivity index (χ3n) is 4.13. The molecule has 1 aliphatic heterocycles. The minimum absolute atomic E-state index is 0.145. The van der Waals surface area contributed by atoms with E-state index in [1.807, 2.05) is 0 Å². The summed E-state index contributed by atoms with van der Waals surface area (Å²) >= 11 is 0. The second-order valence-electron chi connectivity index (χ2n) is 6.49. The Bertz CT molecular complexity index is 388. The standard InChI is InChI=1S/C16H26N2/c1-13-5-4-6-14(11-13)15(17)12-18-9-7-16(2,3)8-10-18/h4-6,11,15H,7-10,12,17H2,1-3H3. The van der Waals surface area contributed by atoms with Crippen LogP contribution < -0.4 is 5.73 Å². The first-order valence-electron chi connectivity index (χ1n) is 7.01. The molecule has 1 fully saturated rings. The first-order chi connectivity index (χ1) is 8.46. The predicted molar refractivity (Wildman–Crippen MR) is 77.6 cm³/mol. The van der Waals surface area contributed by atoms with Gasteiger partial charge in [-0.2, -0.15) is 0 Å². The zero-order valence-electron chi connectivity index (χ0n) is 11.9. The number of hydrogen-bond donors (Lipinski definition) is 1. The van der Waals surface area contributed by atoms with Gasteiger partial charge in [-0.25, -0.2) is 0 Å². The number of nitrogens with two attached hydrogens (primary N) is 1. The lowest BCUT2D eigenvalue weighted by Crippen LogP contribution is -2.40. The van der Waals surface area contributed by atoms with Crippen LogP contribution in [0.1, 0.15) is 43.9 Å². The molecule has 1 atom stereocenters. The van der Waals surface area contributed by atoms with Crippen LogP contribution in [0, 0.1) is 12.3 Å². The SMILES string of the molecule is Cc1cccc(C(N)CN2CCC(C)(C)CC2)c1. The molecule has 0 aromatic heterocycles. The van der Waals surface area contributed by atoms with Gasteiger partial charge in [0.25, 0.3) is 0 Å². The van der Waals surface area contributed by atoms with Crippen LogP contribution in [0.4, 0.5) is 0 Å². The molecule has 1 aromatic carbocycles. The normalized spacial score (nSPS) is 21.8. The quantitative estimate of drug-likeness (QED) is 0.888. The lowest BCUT2D eigenvalue weighted by atomic mass is 9.82. The molecule has 0 amide bonds. The van der Waals surface area contributed by atoms with Gasteiger partial charge in [0, 0.05) is 12.6 Å². The zero-order chi connectivity index (χ0) is 13.2. The summed E-state index contributed by atoms with van der Waals surface area (Å²) in [5.74, 6) is 0. The van der Waals surface area contributed by atoms with Crippen molar-refractivity contribution in [2.75, 3.05) is 19.6 Å². The number of hydrogen-bond acceptors (Lipinski definition) is 2.